The van der Waals surface area contributed by atoms with Crippen molar-refractivity contribution in [1.29, 1.82) is 0 Å². The zero-order chi connectivity index (χ0) is 16.8. The molecule has 0 unspecified atom stereocenters. The molecule has 7 nitrogen and oxygen atoms in total. The Bertz CT molecular complexity index is 669. The molecule has 7 heteroatoms. The van der Waals surface area contributed by atoms with E-state index in [1.807, 2.05) is 24.0 Å². The Balaban J connectivity index is 1.49. The van der Waals surface area contributed by atoms with Crippen LogP contribution in [0.1, 0.15) is 24.1 Å². The summed E-state index contributed by atoms with van der Waals surface area (Å²) < 4.78 is 1.85. The summed E-state index contributed by atoms with van der Waals surface area (Å²) in [6, 6.07) is 6.22. The van der Waals surface area contributed by atoms with Crippen molar-refractivity contribution >= 4 is 11.8 Å². The van der Waals surface area contributed by atoms with Crippen LogP contribution in [-0.2, 0) is 20.1 Å². The van der Waals surface area contributed by atoms with Gasteiger partial charge in [0.1, 0.15) is 5.82 Å². The summed E-state index contributed by atoms with van der Waals surface area (Å²) in [5.41, 5.74) is 2.25. The molecular formula is C17H25N7. The Kier molecular flexibility index (Phi) is 5.30. The van der Waals surface area contributed by atoms with Crippen LogP contribution in [0.2, 0.25) is 0 Å². The Morgan fingerprint density at radius 3 is 2.58 bits per heavy atom. The van der Waals surface area contributed by atoms with Crippen molar-refractivity contribution in [3.05, 3.63) is 41.9 Å². The van der Waals surface area contributed by atoms with E-state index in [2.05, 4.69) is 42.7 Å². The fourth-order valence-corrected chi connectivity index (χ4v) is 2.81. The van der Waals surface area contributed by atoms with Crippen LogP contribution in [0.4, 0.5) is 5.82 Å². The lowest BCUT2D eigenvalue weighted by atomic mass is 10.3. The van der Waals surface area contributed by atoms with Gasteiger partial charge in [-0.05, 0) is 30.5 Å². The third-order valence-corrected chi connectivity index (χ3v) is 4.28. The first-order valence-corrected chi connectivity index (χ1v) is 8.37. The summed E-state index contributed by atoms with van der Waals surface area (Å²) in [4.78, 5) is 11.2. The monoisotopic (exact) mass is 327 g/mol. The minimum Gasteiger partial charge on any atom is -0.357 e. The standard InChI is InChI=1S/C17H25N7/c1-18-17(21-13-15-7-8-22-23(15)2)20-12-14-5-6-16(19-11-14)24-9-3-4-10-24/h5-8,11H,3-4,9-10,12-13H2,1-2H3,(H2,18,20,21). The van der Waals surface area contributed by atoms with Gasteiger partial charge in [0.05, 0.1) is 12.2 Å². The third kappa shape index (κ3) is 4.04. The van der Waals surface area contributed by atoms with Gasteiger partial charge in [0, 0.05) is 46.1 Å². The van der Waals surface area contributed by atoms with E-state index >= 15 is 0 Å². The summed E-state index contributed by atoms with van der Waals surface area (Å²) in [5.74, 6) is 1.84. The number of anilines is 1. The number of aromatic nitrogens is 3. The fraction of sp³-hybridized carbons (Fsp3) is 0.471. The maximum Gasteiger partial charge on any atom is 0.191 e. The quantitative estimate of drug-likeness (QED) is 0.639. The third-order valence-electron chi connectivity index (χ3n) is 4.28. The van der Waals surface area contributed by atoms with Crippen LogP contribution in [-0.4, -0.2) is 40.9 Å². The summed E-state index contributed by atoms with van der Waals surface area (Å²) in [6.45, 7) is 3.62. The van der Waals surface area contributed by atoms with Crippen LogP contribution in [0.5, 0.6) is 0 Å². The van der Waals surface area contributed by atoms with E-state index in [1.54, 1.807) is 13.2 Å². The molecule has 1 fully saturated rings. The van der Waals surface area contributed by atoms with Crippen molar-refractivity contribution in [2.75, 3.05) is 25.0 Å². The average molecular weight is 327 g/mol. The molecule has 3 rings (SSSR count). The lowest BCUT2D eigenvalue weighted by Crippen LogP contribution is -2.36. The Hall–Kier alpha value is -2.57. The molecule has 1 aliphatic heterocycles. The van der Waals surface area contributed by atoms with Gasteiger partial charge in [-0.25, -0.2) is 4.98 Å². The van der Waals surface area contributed by atoms with E-state index in [9.17, 15) is 0 Å². The van der Waals surface area contributed by atoms with Crippen LogP contribution >= 0.6 is 0 Å². The Labute approximate surface area is 142 Å². The lowest BCUT2D eigenvalue weighted by molar-refractivity contribution is 0.684. The second kappa shape index (κ2) is 7.81. The lowest BCUT2D eigenvalue weighted by Gasteiger charge is -2.16. The normalized spacial score (nSPS) is 14.9. The van der Waals surface area contributed by atoms with E-state index in [0.29, 0.717) is 13.1 Å². The van der Waals surface area contributed by atoms with E-state index in [1.165, 1.54) is 12.8 Å². The zero-order valence-corrected chi connectivity index (χ0v) is 14.4. The molecule has 2 aromatic rings. The van der Waals surface area contributed by atoms with Gasteiger partial charge in [0.15, 0.2) is 5.96 Å². The number of rotatable bonds is 5. The molecule has 1 saturated heterocycles. The van der Waals surface area contributed by atoms with Gasteiger partial charge in [-0.3, -0.25) is 9.67 Å². The molecular weight excluding hydrogens is 302 g/mol. The molecule has 0 bridgehead atoms. The minimum atomic E-state index is 0.683. The van der Waals surface area contributed by atoms with E-state index < -0.39 is 0 Å². The van der Waals surface area contributed by atoms with Gasteiger partial charge in [-0.2, -0.15) is 5.10 Å². The number of hydrogen-bond acceptors (Lipinski definition) is 4. The van der Waals surface area contributed by atoms with Gasteiger partial charge in [0.2, 0.25) is 0 Å². The number of pyridine rings is 1. The number of nitrogens with one attached hydrogen (secondary N) is 2. The highest BCUT2D eigenvalue weighted by molar-refractivity contribution is 5.79. The second-order valence-electron chi connectivity index (χ2n) is 5.94. The van der Waals surface area contributed by atoms with Crippen molar-refractivity contribution in [2.24, 2.45) is 12.0 Å². The van der Waals surface area contributed by atoms with Crippen molar-refractivity contribution in [3.63, 3.8) is 0 Å². The predicted octanol–water partition coefficient (Wildman–Crippen LogP) is 1.28. The first kappa shape index (κ1) is 16.3. The maximum absolute atomic E-state index is 4.58. The van der Waals surface area contributed by atoms with Crippen LogP contribution in [0.25, 0.3) is 0 Å². The van der Waals surface area contributed by atoms with E-state index in [4.69, 9.17) is 0 Å². The molecule has 0 spiro atoms. The topological polar surface area (TPSA) is 70.4 Å². The predicted molar refractivity (Wildman–Crippen MR) is 95.9 cm³/mol. The van der Waals surface area contributed by atoms with Crippen molar-refractivity contribution in [1.82, 2.24) is 25.4 Å². The molecule has 1 aliphatic rings. The van der Waals surface area contributed by atoms with E-state index in [-0.39, 0.29) is 0 Å². The SMILES string of the molecule is CN=C(NCc1ccc(N2CCCC2)nc1)NCc1ccnn1C. The van der Waals surface area contributed by atoms with E-state index in [0.717, 1.165) is 36.1 Å². The molecule has 2 aromatic heterocycles. The summed E-state index contributed by atoms with van der Waals surface area (Å²) in [5, 5.41) is 10.8. The number of hydrogen-bond donors (Lipinski definition) is 2. The fourth-order valence-electron chi connectivity index (χ4n) is 2.81. The summed E-state index contributed by atoms with van der Waals surface area (Å²) >= 11 is 0. The van der Waals surface area contributed by atoms with Crippen LogP contribution in [0, 0.1) is 0 Å². The van der Waals surface area contributed by atoms with Crippen LogP contribution < -0.4 is 15.5 Å². The number of guanidine groups is 1. The molecule has 0 saturated carbocycles. The molecule has 2 N–H and O–H groups in total. The van der Waals surface area contributed by atoms with Crippen molar-refractivity contribution in [2.45, 2.75) is 25.9 Å². The number of aryl methyl sites for hydroxylation is 1. The highest BCUT2D eigenvalue weighted by Crippen LogP contribution is 2.17. The maximum atomic E-state index is 4.58. The highest BCUT2D eigenvalue weighted by Gasteiger charge is 2.12. The number of nitrogens with zero attached hydrogens (tertiary/aromatic N) is 5. The largest absolute Gasteiger partial charge is 0.357 e. The van der Waals surface area contributed by atoms with Gasteiger partial charge < -0.3 is 15.5 Å². The molecule has 24 heavy (non-hydrogen) atoms. The first-order valence-electron chi connectivity index (χ1n) is 8.37. The van der Waals surface area contributed by atoms with Gasteiger partial charge in [-0.1, -0.05) is 6.07 Å². The molecule has 128 valence electrons. The molecule has 3 heterocycles. The zero-order valence-electron chi connectivity index (χ0n) is 14.4. The van der Waals surface area contributed by atoms with Gasteiger partial charge in [0.25, 0.3) is 0 Å². The molecule has 0 atom stereocenters. The molecule has 0 radical (unpaired) electrons. The van der Waals surface area contributed by atoms with Gasteiger partial charge >= 0.3 is 0 Å². The van der Waals surface area contributed by atoms with Crippen LogP contribution in [0.3, 0.4) is 0 Å². The van der Waals surface area contributed by atoms with Crippen LogP contribution in [0.15, 0.2) is 35.6 Å². The Morgan fingerprint density at radius 1 is 1.17 bits per heavy atom. The van der Waals surface area contributed by atoms with Crippen molar-refractivity contribution < 1.29 is 0 Å². The molecule has 0 amide bonds. The molecule has 0 aliphatic carbocycles. The minimum absolute atomic E-state index is 0.683. The molecule has 0 aromatic carbocycles. The van der Waals surface area contributed by atoms with Crippen molar-refractivity contribution in [3.8, 4) is 0 Å². The smallest absolute Gasteiger partial charge is 0.191 e. The van der Waals surface area contributed by atoms with Gasteiger partial charge in [-0.15, -0.1) is 0 Å². The first-order chi connectivity index (χ1) is 11.8. The summed E-state index contributed by atoms with van der Waals surface area (Å²) in [6.07, 6.45) is 6.27. The highest BCUT2D eigenvalue weighted by atomic mass is 15.3. The number of aliphatic imine (C=N–C) groups is 1. The second-order valence-corrected chi connectivity index (χ2v) is 5.94. The summed E-state index contributed by atoms with van der Waals surface area (Å²) in [7, 11) is 3.70. The average Bonchev–Trinajstić information content (AvgIpc) is 3.28. The Morgan fingerprint density at radius 2 is 1.96 bits per heavy atom.